The molecule has 0 spiro atoms. The molecule has 0 bridgehead atoms. The van der Waals surface area contributed by atoms with Crippen molar-refractivity contribution in [3.05, 3.63) is 41.3 Å². The zero-order valence-corrected chi connectivity index (χ0v) is 10.9. The standard InChI is InChI=1S/C15H16N2O2/c1-10-6-2-3-7-11(10)13-14(15(18)19)17-9-5-4-8-12(17)16-13/h2-3,6-7H,4-5,8-9H2,1H3,(H,18,19). The van der Waals surface area contributed by atoms with Crippen LogP contribution >= 0.6 is 0 Å². The first-order valence-corrected chi connectivity index (χ1v) is 6.57. The maximum atomic E-state index is 11.6. The van der Waals surface area contributed by atoms with Gasteiger partial charge in [-0.05, 0) is 25.3 Å². The van der Waals surface area contributed by atoms with Gasteiger partial charge in [-0.3, -0.25) is 0 Å². The molecule has 0 unspecified atom stereocenters. The van der Waals surface area contributed by atoms with E-state index in [9.17, 15) is 9.90 Å². The number of aromatic nitrogens is 2. The molecule has 0 radical (unpaired) electrons. The van der Waals surface area contributed by atoms with Gasteiger partial charge >= 0.3 is 5.97 Å². The van der Waals surface area contributed by atoms with Gasteiger partial charge in [0, 0.05) is 18.5 Å². The second kappa shape index (κ2) is 4.53. The number of carboxylic acids is 1. The van der Waals surface area contributed by atoms with Gasteiger partial charge < -0.3 is 9.67 Å². The molecular formula is C15H16N2O2. The Morgan fingerprint density at radius 3 is 2.84 bits per heavy atom. The van der Waals surface area contributed by atoms with E-state index in [0.29, 0.717) is 11.4 Å². The number of carbonyl (C=O) groups is 1. The second-order valence-electron chi connectivity index (χ2n) is 4.95. The van der Waals surface area contributed by atoms with E-state index in [2.05, 4.69) is 4.98 Å². The van der Waals surface area contributed by atoms with E-state index >= 15 is 0 Å². The van der Waals surface area contributed by atoms with Gasteiger partial charge in [-0.25, -0.2) is 9.78 Å². The third kappa shape index (κ3) is 1.93. The summed E-state index contributed by atoms with van der Waals surface area (Å²) in [5, 5.41) is 9.50. The van der Waals surface area contributed by atoms with Gasteiger partial charge in [-0.2, -0.15) is 0 Å². The van der Waals surface area contributed by atoms with E-state index in [1.807, 2.05) is 35.8 Å². The van der Waals surface area contributed by atoms with Crippen LogP contribution in [0.2, 0.25) is 0 Å². The van der Waals surface area contributed by atoms with Crippen LogP contribution in [0.25, 0.3) is 11.3 Å². The van der Waals surface area contributed by atoms with Crippen LogP contribution in [0.5, 0.6) is 0 Å². The average molecular weight is 256 g/mol. The lowest BCUT2D eigenvalue weighted by molar-refractivity contribution is 0.0684. The van der Waals surface area contributed by atoms with Crippen molar-refractivity contribution >= 4 is 5.97 Å². The Labute approximate surface area is 111 Å². The molecule has 2 aromatic rings. The van der Waals surface area contributed by atoms with Crippen molar-refractivity contribution in [3.8, 4) is 11.3 Å². The molecule has 98 valence electrons. The minimum absolute atomic E-state index is 0.337. The topological polar surface area (TPSA) is 55.1 Å². The van der Waals surface area contributed by atoms with Crippen LogP contribution in [0.3, 0.4) is 0 Å². The van der Waals surface area contributed by atoms with Crippen LogP contribution < -0.4 is 0 Å². The highest BCUT2D eigenvalue weighted by molar-refractivity contribution is 5.94. The van der Waals surface area contributed by atoms with E-state index in [0.717, 1.165) is 42.8 Å². The molecule has 1 N–H and O–H groups in total. The van der Waals surface area contributed by atoms with Crippen molar-refractivity contribution in [2.75, 3.05) is 0 Å². The number of hydrogen-bond donors (Lipinski definition) is 1. The number of aromatic carboxylic acids is 1. The molecule has 0 amide bonds. The second-order valence-corrected chi connectivity index (χ2v) is 4.95. The molecule has 0 saturated carbocycles. The summed E-state index contributed by atoms with van der Waals surface area (Å²) in [7, 11) is 0. The molecule has 3 rings (SSSR count). The summed E-state index contributed by atoms with van der Waals surface area (Å²) in [6, 6.07) is 7.80. The summed E-state index contributed by atoms with van der Waals surface area (Å²) in [4.78, 5) is 16.2. The molecule has 4 heteroatoms. The normalized spacial score (nSPS) is 14.2. The fourth-order valence-electron chi connectivity index (χ4n) is 2.73. The predicted octanol–water partition coefficient (Wildman–Crippen LogP) is 2.89. The van der Waals surface area contributed by atoms with Crippen molar-refractivity contribution in [2.45, 2.75) is 32.7 Å². The number of rotatable bonds is 2. The van der Waals surface area contributed by atoms with Crippen molar-refractivity contribution in [1.82, 2.24) is 9.55 Å². The van der Waals surface area contributed by atoms with E-state index in [4.69, 9.17) is 0 Å². The Hall–Kier alpha value is -2.10. The maximum absolute atomic E-state index is 11.6. The minimum atomic E-state index is -0.890. The Morgan fingerprint density at radius 1 is 1.32 bits per heavy atom. The van der Waals surface area contributed by atoms with Gasteiger partial charge in [0.05, 0.1) is 0 Å². The first-order chi connectivity index (χ1) is 9.18. The van der Waals surface area contributed by atoms with E-state index in [-0.39, 0.29) is 0 Å². The van der Waals surface area contributed by atoms with E-state index < -0.39 is 5.97 Å². The molecule has 4 nitrogen and oxygen atoms in total. The zero-order valence-electron chi connectivity index (χ0n) is 10.9. The largest absolute Gasteiger partial charge is 0.477 e. The SMILES string of the molecule is Cc1ccccc1-c1nc2n(c1C(=O)O)CCCC2. The lowest BCUT2D eigenvalue weighted by atomic mass is 10.0. The summed E-state index contributed by atoms with van der Waals surface area (Å²) in [5.74, 6) is 0.0146. The van der Waals surface area contributed by atoms with E-state index in [1.54, 1.807) is 0 Å². The smallest absolute Gasteiger partial charge is 0.354 e. The molecule has 1 aliphatic rings. The number of fused-ring (bicyclic) bond motifs is 1. The van der Waals surface area contributed by atoms with Crippen molar-refractivity contribution in [2.24, 2.45) is 0 Å². The number of carboxylic acid groups (broad SMARTS) is 1. The molecule has 1 aromatic heterocycles. The van der Waals surface area contributed by atoms with Crippen LogP contribution in [0.4, 0.5) is 0 Å². The van der Waals surface area contributed by atoms with Crippen LogP contribution in [-0.4, -0.2) is 20.6 Å². The first kappa shape index (κ1) is 12.0. The van der Waals surface area contributed by atoms with Crippen molar-refractivity contribution < 1.29 is 9.90 Å². The molecule has 0 atom stereocenters. The molecule has 1 aromatic carbocycles. The molecule has 0 fully saturated rings. The third-order valence-electron chi connectivity index (χ3n) is 3.68. The predicted molar refractivity (Wildman–Crippen MR) is 72.3 cm³/mol. The summed E-state index contributed by atoms with van der Waals surface area (Å²) in [6.45, 7) is 2.75. The molecular weight excluding hydrogens is 240 g/mol. The van der Waals surface area contributed by atoms with Crippen LogP contribution in [-0.2, 0) is 13.0 Å². The lowest BCUT2D eigenvalue weighted by Crippen LogP contribution is -2.16. The van der Waals surface area contributed by atoms with Gasteiger partial charge in [-0.1, -0.05) is 24.3 Å². The van der Waals surface area contributed by atoms with E-state index in [1.165, 1.54) is 0 Å². The quantitative estimate of drug-likeness (QED) is 0.898. The summed E-state index contributed by atoms with van der Waals surface area (Å²) in [6.07, 6.45) is 2.98. The molecule has 19 heavy (non-hydrogen) atoms. The highest BCUT2D eigenvalue weighted by Crippen LogP contribution is 2.29. The summed E-state index contributed by atoms with van der Waals surface area (Å²) < 4.78 is 1.87. The Kier molecular flexibility index (Phi) is 2.85. The number of imidazole rings is 1. The molecule has 0 aliphatic carbocycles. The summed E-state index contributed by atoms with van der Waals surface area (Å²) >= 11 is 0. The average Bonchev–Trinajstić information content (AvgIpc) is 2.78. The zero-order chi connectivity index (χ0) is 13.4. The number of benzene rings is 1. The minimum Gasteiger partial charge on any atom is -0.477 e. The third-order valence-corrected chi connectivity index (χ3v) is 3.68. The Balaban J connectivity index is 2.24. The van der Waals surface area contributed by atoms with Crippen LogP contribution in [0.15, 0.2) is 24.3 Å². The monoisotopic (exact) mass is 256 g/mol. The Bertz CT molecular complexity index is 644. The highest BCUT2D eigenvalue weighted by Gasteiger charge is 2.25. The molecule has 0 saturated heterocycles. The molecule has 2 heterocycles. The van der Waals surface area contributed by atoms with Gasteiger partial charge in [0.15, 0.2) is 5.69 Å². The number of nitrogens with zero attached hydrogens (tertiary/aromatic N) is 2. The number of hydrogen-bond acceptors (Lipinski definition) is 2. The van der Waals surface area contributed by atoms with Gasteiger partial charge in [0.2, 0.25) is 0 Å². The van der Waals surface area contributed by atoms with Gasteiger partial charge in [-0.15, -0.1) is 0 Å². The number of aryl methyl sites for hydroxylation is 2. The fraction of sp³-hybridized carbons (Fsp3) is 0.333. The maximum Gasteiger partial charge on any atom is 0.354 e. The van der Waals surface area contributed by atoms with Crippen molar-refractivity contribution in [3.63, 3.8) is 0 Å². The summed E-state index contributed by atoms with van der Waals surface area (Å²) in [5.41, 5.74) is 2.92. The fourth-order valence-corrected chi connectivity index (χ4v) is 2.73. The lowest BCUT2D eigenvalue weighted by Gasteiger charge is -2.14. The Morgan fingerprint density at radius 2 is 2.11 bits per heavy atom. The first-order valence-electron chi connectivity index (χ1n) is 6.57. The molecule has 1 aliphatic heterocycles. The highest BCUT2D eigenvalue weighted by atomic mass is 16.4. The van der Waals surface area contributed by atoms with Crippen LogP contribution in [0, 0.1) is 6.92 Å². The van der Waals surface area contributed by atoms with Crippen LogP contribution in [0.1, 0.15) is 34.7 Å². The van der Waals surface area contributed by atoms with Crippen molar-refractivity contribution in [1.29, 1.82) is 0 Å². The van der Waals surface area contributed by atoms with Gasteiger partial charge in [0.25, 0.3) is 0 Å². The van der Waals surface area contributed by atoms with Gasteiger partial charge in [0.1, 0.15) is 11.5 Å².